The molecule has 7 heteroatoms. The summed E-state index contributed by atoms with van der Waals surface area (Å²) in [6, 6.07) is 14.8. The standard InChI is InChI=1S/C25H27BF2O4/c1-4-5-14-31-20-12-10-18(11-13-20)19-15-22(21-8-6-7-9-23(21)30-3)25(17(2)29)24(16-19)32-26(27)28/h6-13,16,22H,4-5,14-15H2,1-3H3. The van der Waals surface area contributed by atoms with E-state index in [1.54, 1.807) is 19.3 Å². The van der Waals surface area contributed by atoms with Crippen LogP contribution in [0.25, 0.3) is 5.57 Å². The average molecular weight is 440 g/mol. The number of ether oxygens (including phenoxy) is 2. The quantitative estimate of drug-likeness (QED) is 0.325. The number of methoxy groups -OCH3 is 1. The van der Waals surface area contributed by atoms with Gasteiger partial charge in [0.15, 0.2) is 5.78 Å². The van der Waals surface area contributed by atoms with E-state index < -0.39 is 13.4 Å². The first kappa shape index (κ1) is 23.6. The zero-order valence-electron chi connectivity index (χ0n) is 18.6. The Kier molecular flexibility index (Phi) is 8.09. The van der Waals surface area contributed by atoms with Crippen molar-refractivity contribution in [2.24, 2.45) is 0 Å². The summed E-state index contributed by atoms with van der Waals surface area (Å²) in [5, 5.41) is 0. The summed E-state index contributed by atoms with van der Waals surface area (Å²) >= 11 is 0. The van der Waals surface area contributed by atoms with Crippen LogP contribution < -0.4 is 9.47 Å². The predicted molar refractivity (Wildman–Crippen MR) is 122 cm³/mol. The molecule has 0 N–H and O–H groups in total. The highest BCUT2D eigenvalue weighted by molar-refractivity contribution is 6.35. The third-order valence-corrected chi connectivity index (χ3v) is 5.44. The van der Waals surface area contributed by atoms with Crippen LogP contribution in [-0.2, 0) is 9.45 Å². The number of rotatable bonds is 10. The molecule has 1 unspecified atom stereocenters. The minimum atomic E-state index is -3.04. The SMILES string of the molecule is CCCCOc1ccc(C2=CC(OB(F)F)=C(C(C)=O)C(c3ccccc3OC)C2)cc1. The Hall–Kier alpha value is -3.09. The fourth-order valence-electron chi connectivity index (χ4n) is 3.92. The third kappa shape index (κ3) is 5.58. The van der Waals surface area contributed by atoms with E-state index in [9.17, 15) is 13.4 Å². The van der Waals surface area contributed by atoms with E-state index in [4.69, 9.17) is 14.1 Å². The molecule has 3 rings (SSSR count). The van der Waals surface area contributed by atoms with Crippen molar-refractivity contribution in [1.29, 1.82) is 0 Å². The van der Waals surface area contributed by atoms with Crippen LogP contribution in [0.3, 0.4) is 0 Å². The maximum absolute atomic E-state index is 13.2. The number of allylic oxidation sites excluding steroid dienone is 3. The molecule has 168 valence electrons. The van der Waals surface area contributed by atoms with Gasteiger partial charge in [-0.2, -0.15) is 0 Å². The molecule has 1 aliphatic rings. The van der Waals surface area contributed by atoms with Crippen LogP contribution in [0.2, 0.25) is 0 Å². The van der Waals surface area contributed by atoms with Crippen molar-refractivity contribution in [3.8, 4) is 11.5 Å². The number of hydrogen-bond acceptors (Lipinski definition) is 4. The van der Waals surface area contributed by atoms with Crippen molar-refractivity contribution in [2.45, 2.75) is 39.0 Å². The highest BCUT2D eigenvalue weighted by Crippen LogP contribution is 2.44. The molecule has 2 aromatic carbocycles. The molecule has 0 bridgehead atoms. The van der Waals surface area contributed by atoms with Gasteiger partial charge in [-0.05, 0) is 55.2 Å². The van der Waals surface area contributed by atoms with Crippen LogP contribution in [0.5, 0.6) is 11.5 Å². The highest BCUT2D eigenvalue weighted by Gasteiger charge is 2.33. The molecule has 32 heavy (non-hydrogen) atoms. The molecule has 0 fully saturated rings. The van der Waals surface area contributed by atoms with E-state index in [0.717, 1.165) is 35.3 Å². The lowest BCUT2D eigenvalue weighted by atomic mass is 9.77. The number of ketones is 1. The van der Waals surface area contributed by atoms with Gasteiger partial charge in [-0.15, -0.1) is 0 Å². The predicted octanol–water partition coefficient (Wildman–Crippen LogP) is 6.23. The number of halogens is 2. The van der Waals surface area contributed by atoms with Gasteiger partial charge in [-0.3, -0.25) is 4.79 Å². The van der Waals surface area contributed by atoms with E-state index >= 15 is 0 Å². The van der Waals surface area contributed by atoms with Gasteiger partial charge in [-0.1, -0.05) is 43.7 Å². The van der Waals surface area contributed by atoms with Crippen molar-refractivity contribution in [1.82, 2.24) is 0 Å². The Morgan fingerprint density at radius 1 is 1.12 bits per heavy atom. The van der Waals surface area contributed by atoms with Crippen LogP contribution in [0.15, 0.2) is 65.9 Å². The number of carbonyl (C=O) groups is 1. The average Bonchev–Trinajstić information content (AvgIpc) is 2.78. The molecule has 2 aromatic rings. The summed E-state index contributed by atoms with van der Waals surface area (Å²) < 4.78 is 42.5. The number of carbonyl (C=O) groups excluding carboxylic acids is 1. The zero-order valence-corrected chi connectivity index (χ0v) is 18.6. The van der Waals surface area contributed by atoms with Crippen molar-refractivity contribution in [3.63, 3.8) is 0 Å². The summed E-state index contributed by atoms with van der Waals surface area (Å²) in [5.41, 5.74) is 2.62. The van der Waals surface area contributed by atoms with Crippen LogP contribution in [-0.4, -0.2) is 27.0 Å². The first-order valence-corrected chi connectivity index (χ1v) is 10.7. The number of Topliss-reactive ketones (excluding diaryl/α,β-unsaturated/α-hetero) is 1. The summed E-state index contributed by atoms with van der Waals surface area (Å²) in [6.45, 7) is 4.11. The maximum atomic E-state index is 13.2. The van der Waals surface area contributed by atoms with Gasteiger partial charge in [0.05, 0.1) is 13.7 Å². The first-order chi connectivity index (χ1) is 15.4. The lowest BCUT2D eigenvalue weighted by Gasteiger charge is -2.28. The Morgan fingerprint density at radius 3 is 2.47 bits per heavy atom. The fourth-order valence-corrected chi connectivity index (χ4v) is 3.92. The molecular formula is C25H27BF2O4. The third-order valence-electron chi connectivity index (χ3n) is 5.44. The molecule has 0 aromatic heterocycles. The summed E-state index contributed by atoms with van der Waals surface area (Å²) in [7, 11) is -1.49. The van der Waals surface area contributed by atoms with Crippen molar-refractivity contribution >= 4 is 18.8 Å². The molecule has 0 heterocycles. The lowest BCUT2D eigenvalue weighted by molar-refractivity contribution is -0.114. The lowest BCUT2D eigenvalue weighted by Crippen LogP contribution is -2.20. The second-order valence-electron chi connectivity index (χ2n) is 7.61. The summed E-state index contributed by atoms with van der Waals surface area (Å²) in [6.07, 6.45) is 4.01. The van der Waals surface area contributed by atoms with Gasteiger partial charge in [-0.25, -0.2) is 8.63 Å². The number of benzene rings is 2. The molecule has 0 aliphatic heterocycles. The molecule has 0 saturated carbocycles. The number of hydrogen-bond donors (Lipinski definition) is 0. The van der Waals surface area contributed by atoms with Gasteiger partial charge in [0.25, 0.3) is 0 Å². The molecule has 0 saturated heterocycles. The molecule has 0 radical (unpaired) electrons. The molecular weight excluding hydrogens is 413 g/mol. The topological polar surface area (TPSA) is 44.8 Å². The van der Waals surface area contributed by atoms with E-state index in [0.29, 0.717) is 18.8 Å². The van der Waals surface area contributed by atoms with E-state index in [1.165, 1.54) is 6.92 Å². The first-order valence-electron chi connectivity index (χ1n) is 10.7. The number of para-hydroxylation sites is 1. The molecule has 1 aliphatic carbocycles. The Labute approximate surface area is 188 Å². The minimum Gasteiger partial charge on any atom is -0.505 e. The molecule has 1 atom stereocenters. The van der Waals surface area contributed by atoms with Crippen LogP contribution in [0.4, 0.5) is 8.63 Å². The molecule has 4 nitrogen and oxygen atoms in total. The van der Waals surface area contributed by atoms with Gasteiger partial charge in [0.2, 0.25) is 0 Å². The second kappa shape index (κ2) is 11.0. The Morgan fingerprint density at radius 2 is 1.84 bits per heavy atom. The number of unbranched alkanes of at least 4 members (excludes halogenated alkanes) is 1. The molecule has 0 amide bonds. The minimum absolute atomic E-state index is 0.104. The van der Waals surface area contributed by atoms with Crippen LogP contribution in [0, 0.1) is 0 Å². The monoisotopic (exact) mass is 440 g/mol. The fraction of sp³-hybridized carbons (Fsp3) is 0.320. The van der Waals surface area contributed by atoms with Crippen LogP contribution in [0.1, 0.15) is 50.2 Å². The van der Waals surface area contributed by atoms with E-state index in [1.807, 2.05) is 42.5 Å². The van der Waals surface area contributed by atoms with Gasteiger partial charge in [0, 0.05) is 17.1 Å². The van der Waals surface area contributed by atoms with Gasteiger partial charge in [0.1, 0.15) is 17.3 Å². The van der Waals surface area contributed by atoms with Crippen LogP contribution >= 0.6 is 0 Å². The normalized spacial score (nSPS) is 15.8. The van der Waals surface area contributed by atoms with Crippen molar-refractivity contribution in [3.05, 3.63) is 77.1 Å². The Balaban J connectivity index is 2.03. The highest BCUT2D eigenvalue weighted by atomic mass is 19.2. The van der Waals surface area contributed by atoms with Gasteiger partial charge < -0.3 is 14.1 Å². The van der Waals surface area contributed by atoms with Crippen molar-refractivity contribution in [2.75, 3.05) is 13.7 Å². The maximum Gasteiger partial charge on any atom is 0.796 e. The second-order valence-corrected chi connectivity index (χ2v) is 7.61. The van der Waals surface area contributed by atoms with Gasteiger partial charge >= 0.3 is 7.47 Å². The smallest absolute Gasteiger partial charge is 0.505 e. The zero-order chi connectivity index (χ0) is 23.1. The summed E-state index contributed by atoms with van der Waals surface area (Å²) in [4.78, 5) is 12.5. The van der Waals surface area contributed by atoms with Crippen molar-refractivity contribution < 1.29 is 27.6 Å². The Bertz CT molecular complexity index is 999. The van der Waals surface area contributed by atoms with E-state index in [2.05, 4.69) is 6.92 Å². The summed E-state index contributed by atoms with van der Waals surface area (Å²) in [5.74, 6) is 0.454. The largest absolute Gasteiger partial charge is 0.796 e. The van der Waals surface area contributed by atoms with E-state index in [-0.39, 0.29) is 17.1 Å². The molecule has 0 spiro atoms.